The van der Waals surface area contributed by atoms with Gasteiger partial charge in [0.15, 0.2) is 11.6 Å². The van der Waals surface area contributed by atoms with Crippen molar-refractivity contribution >= 4 is 12.0 Å². The largest absolute Gasteiger partial charge is 0.491 e. The molecular weight excluding hydrogens is 379 g/mol. The van der Waals surface area contributed by atoms with Gasteiger partial charge < -0.3 is 9.47 Å². The molecule has 4 heteroatoms. The Morgan fingerprint density at radius 3 is 2.43 bits per heavy atom. The monoisotopic (exact) mass is 410 g/mol. The first-order valence-electron chi connectivity index (χ1n) is 11.0. The predicted molar refractivity (Wildman–Crippen MR) is 118 cm³/mol. The molecule has 30 heavy (non-hydrogen) atoms. The molecular formula is C26H31FO3. The summed E-state index contributed by atoms with van der Waals surface area (Å²) >= 11 is 0. The number of halogens is 1. The van der Waals surface area contributed by atoms with E-state index in [1.54, 1.807) is 19.1 Å². The maximum atomic E-state index is 13.9. The first-order chi connectivity index (χ1) is 14.6. The maximum absolute atomic E-state index is 13.9. The van der Waals surface area contributed by atoms with Crippen LogP contribution in [0.4, 0.5) is 4.39 Å². The molecule has 0 saturated heterocycles. The Morgan fingerprint density at radius 2 is 1.80 bits per heavy atom. The Kier molecular flexibility index (Phi) is 8.06. The number of hydrogen-bond donors (Lipinski definition) is 0. The van der Waals surface area contributed by atoms with E-state index in [9.17, 15) is 9.18 Å². The van der Waals surface area contributed by atoms with E-state index < -0.39 is 11.8 Å². The number of allylic oxidation sites excluding steroid dienone is 1. The molecule has 2 aromatic rings. The van der Waals surface area contributed by atoms with Crippen molar-refractivity contribution in [2.24, 2.45) is 11.8 Å². The molecule has 160 valence electrons. The van der Waals surface area contributed by atoms with Gasteiger partial charge in [-0.25, -0.2) is 9.18 Å². The van der Waals surface area contributed by atoms with Gasteiger partial charge in [0.05, 0.1) is 12.2 Å². The minimum atomic E-state index is -0.550. The van der Waals surface area contributed by atoms with Crippen molar-refractivity contribution in [2.75, 3.05) is 6.61 Å². The normalized spacial score (nSPS) is 19.0. The summed E-state index contributed by atoms with van der Waals surface area (Å²) in [5, 5.41) is 0. The second-order valence-electron chi connectivity index (χ2n) is 7.97. The zero-order chi connectivity index (χ0) is 21.3. The molecule has 0 aliphatic heterocycles. The van der Waals surface area contributed by atoms with Gasteiger partial charge in [0.2, 0.25) is 0 Å². The minimum absolute atomic E-state index is 0.146. The minimum Gasteiger partial charge on any atom is -0.491 e. The Labute approximate surface area is 178 Å². The van der Waals surface area contributed by atoms with Crippen LogP contribution in [0.2, 0.25) is 0 Å². The predicted octanol–water partition coefficient (Wildman–Crippen LogP) is 7.06. The van der Waals surface area contributed by atoms with Crippen molar-refractivity contribution in [1.82, 2.24) is 0 Å². The summed E-state index contributed by atoms with van der Waals surface area (Å²) in [4.78, 5) is 12.3. The van der Waals surface area contributed by atoms with Crippen LogP contribution in [-0.2, 0) is 0 Å². The van der Waals surface area contributed by atoms with Crippen LogP contribution in [-0.4, -0.2) is 12.6 Å². The topological polar surface area (TPSA) is 35.5 Å². The number of ether oxygens (including phenoxy) is 2. The Hall–Kier alpha value is -2.62. The van der Waals surface area contributed by atoms with E-state index in [1.807, 2.05) is 12.1 Å². The molecule has 1 fully saturated rings. The maximum Gasteiger partial charge on any atom is 0.343 e. The number of esters is 1. The molecule has 1 aliphatic rings. The average molecular weight is 411 g/mol. The third-order valence-electron chi connectivity index (χ3n) is 5.71. The number of carbonyl (C=O) groups is 1. The number of benzene rings is 2. The molecule has 0 radical (unpaired) electrons. The van der Waals surface area contributed by atoms with Crippen LogP contribution in [0.15, 0.2) is 48.5 Å². The second-order valence-corrected chi connectivity index (χ2v) is 7.97. The SMILES string of the molecule is CCCC1CCC(C=Cc2ccc(C(=O)Oc3ccc(OCC)c(F)c3)cc2)CC1. The van der Waals surface area contributed by atoms with E-state index in [1.165, 1.54) is 50.7 Å². The van der Waals surface area contributed by atoms with Crippen molar-refractivity contribution in [3.8, 4) is 11.5 Å². The van der Waals surface area contributed by atoms with Crippen LogP contribution in [0.1, 0.15) is 68.3 Å². The van der Waals surface area contributed by atoms with Crippen molar-refractivity contribution in [2.45, 2.75) is 52.4 Å². The van der Waals surface area contributed by atoms with Crippen LogP contribution < -0.4 is 9.47 Å². The smallest absolute Gasteiger partial charge is 0.343 e. The number of carbonyl (C=O) groups excluding carboxylic acids is 1. The van der Waals surface area contributed by atoms with Crippen LogP contribution in [0.3, 0.4) is 0 Å². The second kappa shape index (κ2) is 11.0. The fraction of sp³-hybridized carbons (Fsp3) is 0.423. The zero-order valence-corrected chi connectivity index (χ0v) is 17.9. The summed E-state index contributed by atoms with van der Waals surface area (Å²) in [6.45, 7) is 4.42. The molecule has 0 N–H and O–H groups in total. The summed E-state index contributed by atoms with van der Waals surface area (Å²) in [6.07, 6.45) is 12.3. The summed E-state index contributed by atoms with van der Waals surface area (Å²) in [7, 11) is 0. The van der Waals surface area contributed by atoms with Crippen molar-refractivity contribution in [3.63, 3.8) is 0 Å². The number of rotatable bonds is 8. The first-order valence-corrected chi connectivity index (χ1v) is 11.0. The molecule has 0 unspecified atom stereocenters. The molecule has 1 saturated carbocycles. The zero-order valence-electron chi connectivity index (χ0n) is 17.9. The quantitative estimate of drug-likeness (QED) is 0.345. The molecule has 2 aromatic carbocycles. The number of hydrogen-bond acceptors (Lipinski definition) is 3. The highest BCUT2D eigenvalue weighted by Crippen LogP contribution is 2.32. The lowest BCUT2D eigenvalue weighted by Crippen LogP contribution is -2.12. The fourth-order valence-corrected chi connectivity index (χ4v) is 4.04. The molecule has 1 aliphatic carbocycles. The van der Waals surface area contributed by atoms with Crippen molar-refractivity contribution < 1.29 is 18.7 Å². The van der Waals surface area contributed by atoms with E-state index >= 15 is 0 Å². The average Bonchev–Trinajstić information content (AvgIpc) is 2.76. The van der Waals surface area contributed by atoms with Crippen LogP contribution in [0.25, 0.3) is 6.08 Å². The van der Waals surface area contributed by atoms with E-state index in [4.69, 9.17) is 9.47 Å². The van der Waals surface area contributed by atoms with Crippen molar-refractivity contribution in [1.29, 1.82) is 0 Å². The van der Waals surface area contributed by atoms with Crippen LogP contribution >= 0.6 is 0 Å². The molecule has 0 amide bonds. The lowest BCUT2D eigenvalue weighted by atomic mass is 9.80. The van der Waals surface area contributed by atoms with Gasteiger partial charge in [0.25, 0.3) is 0 Å². The van der Waals surface area contributed by atoms with Crippen molar-refractivity contribution in [3.05, 3.63) is 65.5 Å². The molecule has 3 rings (SSSR count). The third kappa shape index (κ3) is 6.19. The summed E-state index contributed by atoms with van der Waals surface area (Å²) < 4.78 is 24.4. The molecule has 0 spiro atoms. The van der Waals surface area contributed by atoms with Gasteiger partial charge in [-0.1, -0.05) is 44.1 Å². The van der Waals surface area contributed by atoms with E-state index in [-0.39, 0.29) is 11.5 Å². The Bertz CT molecular complexity index is 849. The van der Waals surface area contributed by atoms with Gasteiger partial charge in [-0.2, -0.15) is 0 Å². The lowest BCUT2D eigenvalue weighted by Gasteiger charge is -2.26. The van der Waals surface area contributed by atoms with Gasteiger partial charge in [-0.05, 0) is 74.3 Å². The first kappa shape index (κ1) is 22.1. The Balaban J connectivity index is 1.54. The van der Waals surface area contributed by atoms with Gasteiger partial charge in [0, 0.05) is 6.07 Å². The third-order valence-corrected chi connectivity index (χ3v) is 5.71. The van der Waals surface area contributed by atoms with Gasteiger partial charge in [-0.15, -0.1) is 0 Å². The van der Waals surface area contributed by atoms with Gasteiger partial charge in [0.1, 0.15) is 5.75 Å². The highest BCUT2D eigenvalue weighted by molar-refractivity contribution is 5.91. The Morgan fingerprint density at radius 1 is 1.07 bits per heavy atom. The van der Waals surface area contributed by atoms with E-state index in [2.05, 4.69) is 19.1 Å². The highest BCUT2D eigenvalue weighted by atomic mass is 19.1. The summed E-state index contributed by atoms with van der Waals surface area (Å²) in [5.74, 6) is 0.802. The molecule has 3 nitrogen and oxygen atoms in total. The van der Waals surface area contributed by atoms with Gasteiger partial charge in [-0.3, -0.25) is 0 Å². The van der Waals surface area contributed by atoms with E-state index in [0.29, 0.717) is 18.1 Å². The van der Waals surface area contributed by atoms with Crippen LogP contribution in [0, 0.1) is 17.7 Å². The molecule has 0 aromatic heterocycles. The van der Waals surface area contributed by atoms with Crippen LogP contribution in [0.5, 0.6) is 11.5 Å². The fourth-order valence-electron chi connectivity index (χ4n) is 4.04. The summed E-state index contributed by atoms with van der Waals surface area (Å²) in [5.41, 5.74) is 1.50. The molecule has 0 bridgehead atoms. The van der Waals surface area contributed by atoms with E-state index in [0.717, 1.165) is 17.5 Å². The highest BCUT2D eigenvalue weighted by Gasteiger charge is 2.18. The summed E-state index contributed by atoms with van der Waals surface area (Å²) in [6, 6.07) is 11.5. The standard InChI is InChI=1S/C26H31FO3/c1-3-5-19-6-8-20(9-7-19)10-11-21-12-14-22(15-13-21)26(28)30-23-16-17-25(29-4-2)24(27)18-23/h10-20H,3-9H2,1-2H3. The molecule has 0 heterocycles. The molecule has 0 atom stereocenters. The van der Waals surface area contributed by atoms with Gasteiger partial charge >= 0.3 is 5.97 Å². The lowest BCUT2D eigenvalue weighted by molar-refractivity contribution is 0.0734.